The molecule has 0 bridgehead atoms. The van der Waals surface area contributed by atoms with Crippen LogP contribution >= 0.6 is 0 Å². The van der Waals surface area contributed by atoms with E-state index in [0.29, 0.717) is 16.3 Å². The van der Waals surface area contributed by atoms with E-state index in [4.69, 9.17) is 0 Å². The second-order valence-electron chi connectivity index (χ2n) is 16.7. The van der Waals surface area contributed by atoms with Crippen molar-refractivity contribution in [3.63, 3.8) is 0 Å². The minimum absolute atomic E-state index is 0.0670. The maximum Gasteiger partial charge on any atom is 0.224 e. The zero-order valence-electron chi connectivity index (χ0n) is 36.3. The van der Waals surface area contributed by atoms with E-state index in [9.17, 15) is 46.5 Å². The molecule has 342 valence electrons. The Bertz CT molecular complexity index is 3020. The number of aliphatic hydroxyl groups is 3. The number of aromatic nitrogens is 6. The predicted octanol–water partition coefficient (Wildman–Crippen LogP) is 9.13. The van der Waals surface area contributed by atoms with E-state index in [1.54, 1.807) is 41.5 Å². The van der Waals surface area contributed by atoms with Gasteiger partial charge in [-0.15, -0.1) is 0 Å². The Balaban J connectivity index is 0.000000196. The quantitative estimate of drug-likeness (QED) is 0.0590. The average molecular weight is 911 g/mol. The third kappa shape index (κ3) is 9.75. The van der Waals surface area contributed by atoms with Crippen LogP contribution in [0.15, 0.2) is 109 Å². The molecular weight excluding hydrogens is 867 g/mol. The summed E-state index contributed by atoms with van der Waals surface area (Å²) in [5.41, 5.74) is -2.30. The Hall–Kier alpha value is -7.15. The van der Waals surface area contributed by atoms with Gasteiger partial charge in [-0.05, 0) is 120 Å². The predicted molar refractivity (Wildman–Crippen MR) is 237 cm³/mol. The summed E-state index contributed by atoms with van der Waals surface area (Å²) in [7, 11) is 0. The van der Waals surface area contributed by atoms with Crippen LogP contribution in [-0.4, -0.2) is 73.5 Å². The Kier molecular flexibility index (Phi) is 13.0. The number of fused-ring (bicyclic) bond motifs is 2. The minimum atomic E-state index is -1.33. The summed E-state index contributed by atoms with van der Waals surface area (Å²) in [5, 5.41) is 38.2. The van der Waals surface area contributed by atoms with Gasteiger partial charge in [0.2, 0.25) is 17.7 Å². The molecule has 0 saturated heterocycles. The SMILES string of the molecule is C[C@H](Nc1ncc2cc(C(=O)c3ccc(F)cc3)n(-c3c(F)cccc3F)c2n1)C(C)(C)O.C[C@H](Nc1ncc2cc(C(O)c3ccc(F)cc3)n(-c3c(F)cccc3F)c2n1)C(C)(C)O. The number of hydrogen-bond acceptors (Lipinski definition) is 10. The highest BCUT2D eigenvalue weighted by Gasteiger charge is 2.28. The maximum atomic E-state index is 14.8. The zero-order valence-corrected chi connectivity index (χ0v) is 36.3. The van der Waals surface area contributed by atoms with Crippen molar-refractivity contribution < 1.29 is 46.5 Å². The van der Waals surface area contributed by atoms with E-state index in [1.807, 2.05) is 0 Å². The number of ketones is 1. The number of hydrogen-bond donors (Lipinski definition) is 5. The zero-order chi connectivity index (χ0) is 47.8. The van der Waals surface area contributed by atoms with Crippen molar-refractivity contribution in [2.24, 2.45) is 0 Å². The monoisotopic (exact) mass is 910 g/mol. The highest BCUT2D eigenvalue weighted by Crippen LogP contribution is 2.34. The Morgan fingerprint density at radius 2 is 1.02 bits per heavy atom. The molecule has 12 nitrogen and oxygen atoms in total. The smallest absolute Gasteiger partial charge is 0.224 e. The summed E-state index contributed by atoms with van der Waals surface area (Å²) >= 11 is 0. The number of aliphatic hydroxyl groups excluding tert-OH is 1. The Morgan fingerprint density at radius 1 is 0.606 bits per heavy atom. The first kappa shape index (κ1) is 46.8. The molecule has 0 aliphatic heterocycles. The number of carbonyl (C=O) groups excluding carboxylic acids is 1. The van der Waals surface area contributed by atoms with Gasteiger partial charge in [0.05, 0.1) is 34.7 Å². The summed E-state index contributed by atoms with van der Waals surface area (Å²) in [6.07, 6.45) is 1.54. The lowest BCUT2D eigenvalue weighted by Gasteiger charge is -2.26. The van der Waals surface area contributed by atoms with Gasteiger partial charge in [-0.3, -0.25) is 13.9 Å². The first-order valence-electron chi connectivity index (χ1n) is 20.5. The lowest BCUT2D eigenvalue weighted by atomic mass is 10.0. The summed E-state index contributed by atoms with van der Waals surface area (Å²) in [5.74, 6) is -4.81. The van der Waals surface area contributed by atoms with Crippen LogP contribution in [0, 0.1) is 34.9 Å². The lowest BCUT2D eigenvalue weighted by Crippen LogP contribution is -2.39. The number of benzene rings is 4. The molecule has 8 rings (SSSR count). The third-order valence-corrected chi connectivity index (χ3v) is 11.0. The fraction of sp³-hybridized carbons (Fsp3) is 0.229. The number of nitrogens with zero attached hydrogens (tertiary/aromatic N) is 6. The Labute approximate surface area is 374 Å². The molecule has 5 N–H and O–H groups in total. The molecule has 0 aliphatic carbocycles. The van der Waals surface area contributed by atoms with Crippen molar-refractivity contribution in [3.8, 4) is 11.4 Å². The standard InChI is InChI=1S/C24H23F3N4O2.C24H21F3N4O2/c2*1-13(24(2,3)33)29-23-28-12-15-11-19(21(32)14-7-9-16(25)10-8-14)31(22(15)30-23)20-17(26)5-4-6-18(20)27/h4-13,21,32-33H,1-3H3,(H,28,29,30);4-13,33H,1-3H3,(H,28,29,30)/t13-,21?;13-/m00/s1. The molecule has 0 radical (unpaired) electrons. The number of nitrogens with one attached hydrogen (secondary N) is 2. The van der Waals surface area contributed by atoms with Crippen molar-refractivity contribution in [2.45, 2.75) is 70.9 Å². The van der Waals surface area contributed by atoms with E-state index < -0.39 is 81.5 Å². The molecule has 4 heterocycles. The fourth-order valence-electron chi connectivity index (χ4n) is 6.68. The molecule has 0 amide bonds. The second-order valence-corrected chi connectivity index (χ2v) is 16.7. The van der Waals surface area contributed by atoms with E-state index in [2.05, 4.69) is 30.6 Å². The van der Waals surface area contributed by atoms with E-state index in [0.717, 1.165) is 41.0 Å². The van der Waals surface area contributed by atoms with Crippen LogP contribution in [-0.2, 0) is 0 Å². The van der Waals surface area contributed by atoms with E-state index >= 15 is 0 Å². The first-order chi connectivity index (χ1) is 31.1. The van der Waals surface area contributed by atoms with Gasteiger partial charge in [-0.2, -0.15) is 9.97 Å². The summed E-state index contributed by atoms with van der Waals surface area (Å²) in [4.78, 5) is 30.5. The topological polar surface area (TPSA) is 163 Å². The normalized spacial score (nSPS) is 13.3. The van der Waals surface area contributed by atoms with Gasteiger partial charge in [0, 0.05) is 28.7 Å². The molecule has 0 spiro atoms. The van der Waals surface area contributed by atoms with Crippen LogP contribution in [0.1, 0.15) is 75.0 Å². The second kappa shape index (κ2) is 18.4. The number of halogens is 6. The summed E-state index contributed by atoms with van der Waals surface area (Å²) < 4.78 is 88.2. The van der Waals surface area contributed by atoms with Gasteiger partial charge in [0.1, 0.15) is 52.4 Å². The van der Waals surface area contributed by atoms with Crippen molar-refractivity contribution in [1.82, 2.24) is 29.1 Å². The van der Waals surface area contributed by atoms with Crippen LogP contribution in [0.5, 0.6) is 0 Å². The lowest BCUT2D eigenvalue weighted by molar-refractivity contribution is 0.0642. The fourth-order valence-corrected chi connectivity index (χ4v) is 6.68. The largest absolute Gasteiger partial charge is 0.388 e. The van der Waals surface area contributed by atoms with Gasteiger partial charge in [0.15, 0.2) is 11.3 Å². The van der Waals surface area contributed by atoms with Gasteiger partial charge < -0.3 is 26.0 Å². The van der Waals surface area contributed by atoms with Crippen LogP contribution in [0.2, 0.25) is 0 Å². The molecule has 18 heteroatoms. The summed E-state index contributed by atoms with van der Waals surface area (Å²) in [6, 6.07) is 18.9. The molecular formula is C48H44F6N8O4. The van der Waals surface area contributed by atoms with Gasteiger partial charge in [-0.1, -0.05) is 24.3 Å². The first-order valence-corrected chi connectivity index (χ1v) is 20.5. The van der Waals surface area contributed by atoms with Gasteiger partial charge in [-0.25, -0.2) is 36.3 Å². The number of carbonyl (C=O) groups is 1. The molecule has 0 aliphatic rings. The molecule has 1 unspecified atom stereocenters. The number of para-hydroxylation sites is 2. The maximum absolute atomic E-state index is 14.8. The number of anilines is 2. The van der Waals surface area contributed by atoms with Crippen molar-refractivity contribution in [1.29, 1.82) is 0 Å². The molecule has 4 aromatic carbocycles. The van der Waals surface area contributed by atoms with Gasteiger partial charge in [0.25, 0.3) is 0 Å². The molecule has 66 heavy (non-hydrogen) atoms. The van der Waals surface area contributed by atoms with Crippen molar-refractivity contribution in [2.75, 3.05) is 10.6 Å². The van der Waals surface area contributed by atoms with Gasteiger partial charge >= 0.3 is 0 Å². The average Bonchev–Trinajstić information content (AvgIpc) is 3.81. The third-order valence-electron chi connectivity index (χ3n) is 11.0. The van der Waals surface area contributed by atoms with Crippen LogP contribution < -0.4 is 10.6 Å². The minimum Gasteiger partial charge on any atom is -0.388 e. The van der Waals surface area contributed by atoms with Crippen LogP contribution in [0.25, 0.3) is 33.4 Å². The highest BCUT2D eigenvalue weighted by molar-refractivity contribution is 6.10. The van der Waals surface area contributed by atoms with Crippen molar-refractivity contribution in [3.05, 3.63) is 167 Å². The highest BCUT2D eigenvalue weighted by atomic mass is 19.2. The van der Waals surface area contributed by atoms with Crippen LogP contribution in [0.3, 0.4) is 0 Å². The van der Waals surface area contributed by atoms with E-state index in [1.165, 1.54) is 77.6 Å². The molecule has 3 atom stereocenters. The van der Waals surface area contributed by atoms with E-state index in [-0.39, 0.29) is 40.1 Å². The molecule has 0 saturated carbocycles. The Morgan fingerprint density at radius 3 is 1.47 bits per heavy atom. The summed E-state index contributed by atoms with van der Waals surface area (Å²) in [6.45, 7) is 9.94. The number of rotatable bonds is 12. The molecule has 4 aromatic heterocycles. The molecule has 0 fully saturated rings. The van der Waals surface area contributed by atoms with Crippen molar-refractivity contribution >= 4 is 39.7 Å². The van der Waals surface area contributed by atoms with Crippen LogP contribution in [0.4, 0.5) is 38.2 Å². The molecule has 8 aromatic rings.